The van der Waals surface area contributed by atoms with E-state index in [0.717, 1.165) is 19.3 Å². The third-order valence-corrected chi connectivity index (χ3v) is 2.60. The van der Waals surface area contributed by atoms with Crippen molar-refractivity contribution in [3.63, 3.8) is 0 Å². The number of nitrogens with one attached hydrogen (secondary N) is 1. The number of amides is 1. The molecule has 0 saturated carbocycles. The summed E-state index contributed by atoms with van der Waals surface area (Å²) >= 11 is 0. The van der Waals surface area contributed by atoms with Crippen LogP contribution in [-0.2, 0) is 4.79 Å². The van der Waals surface area contributed by atoms with E-state index in [1.165, 1.54) is 0 Å². The number of hydrogen-bond acceptors (Lipinski definition) is 6. The number of rotatable bonds is 9. The molecule has 0 fully saturated rings. The number of aliphatic hydroxyl groups is 5. The summed E-state index contributed by atoms with van der Waals surface area (Å²) in [7, 11) is 0. The highest BCUT2D eigenvalue weighted by molar-refractivity contribution is 5.81. The largest absolute Gasteiger partial charge is 0.394 e. The van der Waals surface area contributed by atoms with Gasteiger partial charge in [-0.3, -0.25) is 4.79 Å². The van der Waals surface area contributed by atoms with Crippen LogP contribution < -0.4 is 5.32 Å². The maximum absolute atomic E-state index is 11.4. The lowest BCUT2D eigenvalue weighted by Gasteiger charge is -2.24. The van der Waals surface area contributed by atoms with E-state index < -0.39 is 36.9 Å². The van der Waals surface area contributed by atoms with Gasteiger partial charge in [0.15, 0.2) is 6.10 Å². The molecule has 0 heterocycles. The van der Waals surface area contributed by atoms with Gasteiger partial charge in [0.25, 0.3) is 5.91 Å². The second kappa shape index (κ2) is 9.23. The number of carbonyl (C=O) groups is 1. The van der Waals surface area contributed by atoms with Crippen molar-refractivity contribution in [1.29, 1.82) is 0 Å². The predicted octanol–water partition coefficient (Wildman–Crippen LogP) is -2.27. The van der Waals surface area contributed by atoms with E-state index in [4.69, 9.17) is 10.2 Å². The number of hydrogen-bond donors (Lipinski definition) is 6. The van der Waals surface area contributed by atoms with Crippen molar-refractivity contribution < 1.29 is 30.3 Å². The molecule has 7 heteroatoms. The summed E-state index contributed by atoms with van der Waals surface area (Å²) in [5, 5.41) is 48.2. The van der Waals surface area contributed by atoms with Crippen molar-refractivity contribution in [2.24, 2.45) is 0 Å². The summed E-state index contributed by atoms with van der Waals surface area (Å²) in [5.74, 6) is -0.817. The zero-order valence-corrected chi connectivity index (χ0v) is 10.5. The van der Waals surface area contributed by atoms with Crippen molar-refractivity contribution in [3.05, 3.63) is 0 Å². The van der Waals surface area contributed by atoms with Gasteiger partial charge in [0.2, 0.25) is 0 Å². The first-order valence-corrected chi connectivity index (χ1v) is 6.06. The zero-order valence-electron chi connectivity index (χ0n) is 10.5. The van der Waals surface area contributed by atoms with E-state index in [1.807, 2.05) is 6.92 Å². The Bertz CT molecular complexity index is 238. The van der Waals surface area contributed by atoms with Gasteiger partial charge >= 0.3 is 0 Å². The lowest BCUT2D eigenvalue weighted by atomic mass is 10.0. The smallest absolute Gasteiger partial charge is 0.251 e. The second-order valence-corrected chi connectivity index (χ2v) is 4.17. The van der Waals surface area contributed by atoms with Crippen molar-refractivity contribution in [1.82, 2.24) is 5.32 Å². The first-order chi connectivity index (χ1) is 8.45. The van der Waals surface area contributed by atoms with Gasteiger partial charge in [-0.15, -0.1) is 0 Å². The summed E-state index contributed by atoms with van der Waals surface area (Å²) in [4.78, 5) is 11.4. The molecule has 0 saturated heterocycles. The standard InChI is InChI=1S/C11H23NO6/c1-2-3-4-5-12-11(18)10(17)9(16)8(15)7(14)6-13/h7-10,13-17H,2-6H2,1H3,(H,12,18). The third kappa shape index (κ3) is 5.74. The molecule has 0 aromatic rings. The van der Waals surface area contributed by atoms with E-state index in [1.54, 1.807) is 0 Å². The molecule has 0 aliphatic carbocycles. The predicted molar refractivity (Wildman–Crippen MR) is 63.6 cm³/mol. The van der Waals surface area contributed by atoms with Gasteiger partial charge < -0.3 is 30.8 Å². The van der Waals surface area contributed by atoms with E-state index in [9.17, 15) is 20.1 Å². The molecule has 0 spiro atoms. The van der Waals surface area contributed by atoms with Gasteiger partial charge in [0.05, 0.1) is 6.61 Å². The van der Waals surface area contributed by atoms with Gasteiger partial charge in [-0.2, -0.15) is 0 Å². The SMILES string of the molecule is CCCCCNC(=O)C(O)C(O)C(O)C(O)CO. The molecule has 0 aliphatic rings. The molecule has 0 aromatic carbocycles. The van der Waals surface area contributed by atoms with Crippen LogP contribution in [0.1, 0.15) is 26.2 Å². The first-order valence-electron chi connectivity index (χ1n) is 6.06. The Morgan fingerprint density at radius 1 is 1.11 bits per heavy atom. The summed E-state index contributed by atoms with van der Waals surface area (Å²) in [6.07, 6.45) is -4.41. The van der Waals surface area contributed by atoms with Gasteiger partial charge in [-0.1, -0.05) is 19.8 Å². The Morgan fingerprint density at radius 3 is 2.22 bits per heavy atom. The van der Waals surface area contributed by atoms with Gasteiger partial charge in [-0.25, -0.2) is 0 Å². The van der Waals surface area contributed by atoms with Gasteiger partial charge in [-0.05, 0) is 6.42 Å². The average molecular weight is 265 g/mol. The molecule has 0 aliphatic heterocycles. The molecule has 6 N–H and O–H groups in total. The highest BCUT2D eigenvalue weighted by Gasteiger charge is 2.33. The Labute approximate surface area is 106 Å². The van der Waals surface area contributed by atoms with Crippen molar-refractivity contribution in [2.45, 2.75) is 50.6 Å². The Balaban J connectivity index is 4.11. The molecule has 0 aromatic heterocycles. The normalized spacial score (nSPS) is 17.9. The lowest BCUT2D eigenvalue weighted by Crippen LogP contribution is -2.51. The fourth-order valence-corrected chi connectivity index (χ4v) is 1.37. The first kappa shape index (κ1) is 17.3. The molecule has 18 heavy (non-hydrogen) atoms. The minimum absolute atomic E-state index is 0.370. The van der Waals surface area contributed by atoms with E-state index in [2.05, 4.69) is 5.32 Å². The van der Waals surface area contributed by atoms with Crippen LogP contribution in [0.4, 0.5) is 0 Å². The molecule has 4 unspecified atom stereocenters. The van der Waals surface area contributed by atoms with Crippen LogP contribution in [0.15, 0.2) is 0 Å². The van der Waals surface area contributed by atoms with Crippen LogP contribution in [0.25, 0.3) is 0 Å². The van der Waals surface area contributed by atoms with E-state index >= 15 is 0 Å². The Hall–Kier alpha value is -0.730. The minimum atomic E-state index is -1.85. The van der Waals surface area contributed by atoms with Crippen LogP contribution in [0.5, 0.6) is 0 Å². The highest BCUT2D eigenvalue weighted by Crippen LogP contribution is 2.05. The van der Waals surface area contributed by atoms with Crippen LogP contribution in [0.3, 0.4) is 0 Å². The zero-order chi connectivity index (χ0) is 14.1. The van der Waals surface area contributed by atoms with E-state index in [0.29, 0.717) is 6.54 Å². The fraction of sp³-hybridized carbons (Fsp3) is 0.909. The van der Waals surface area contributed by atoms with Crippen LogP contribution in [-0.4, -0.2) is 69.0 Å². The number of carbonyl (C=O) groups excluding carboxylic acids is 1. The molecular weight excluding hydrogens is 242 g/mol. The lowest BCUT2D eigenvalue weighted by molar-refractivity contribution is -0.148. The van der Waals surface area contributed by atoms with Gasteiger partial charge in [0, 0.05) is 6.54 Å². The highest BCUT2D eigenvalue weighted by atomic mass is 16.4. The number of aliphatic hydroxyl groups excluding tert-OH is 5. The number of unbranched alkanes of at least 4 members (excludes halogenated alkanes) is 2. The summed E-state index contributed by atoms with van der Waals surface area (Å²) < 4.78 is 0. The van der Waals surface area contributed by atoms with Crippen LogP contribution in [0, 0.1) is 0 Å². The van der Waals surface area contributed by atoms with Crippen molar-refractivity contribution in [3.8, 4) is 0 Å². The maximum atomic E-state index is 11.4. The molecule has 1 amide bonds. The third-order valence-electron chi connectivity index (χ3n) is 2.60. The summed E-state index contributed by atoms with van der Waals surface area (Å²) in [6.45, 7) is 1.60. The van der Waals surface area contributed by atoms with Crippen molar-refractivity contribution >= 4 is 5.91 Å². The molecule has 108 valence electrons. The maximum Gasteiger partial charge on any atom is 0.251 e. The molecule has 0 radical (unpaired) electrons. The molecule has 0 rings (SSSR count). The van der Waals surface area contributed by atoms with Crippen LogP contribution >= 0.6 is 0 Å². The molecular formula is C11H23NO6. The fourth-order valence-electron chi connectivity index (χ4n) is 1.37. The topological polar surface area (TPSA) is 130 Å². The quantitative estimate of drug-likeness (QED) is 0.261. The summed E-state index contributed by atoms with van der Waals surface area (Å²) in [5.41, 5.74) is 0. The monoisotopic (exact) mass is 265 g/mol. The minimum Gasteiger partial charge on any atom is -0.394 e. The summed E-state index contributed by atoms with van der Waals surface area (Å²) in [6, 6.07) is 0. The van der Waals surface area contributed by atoms with Crippen LogP contribution in [0.2, 0.25) is 0 Å². The Morgan fingerprint density at radius 2 is 1.72 bits per heavy atom. The van der Waals surface area contributed by atoms with Crippen molar-refractivity contribution in [2.75, 3.05) is 13.2 Å². The van der Waals surface area contributed by atoms with Gasteiger partial charge in [0.1, 0.15) is 18.3 Å². The molecule has 4 atom stereocenters. The molecule has 7 nitrogen and oxygen atoms in total. The average Bonchev–Trinajstić information content (AvgIpc) is 2.39. The Kier molecular flexibility index (Phi) is 8.86. The van der Waals surface area contributed by atoms with E-state index in [-0.39, 0.29) is 0 Å². The molecule has 0 bridgehead atoms. The second-order valence-electron chi connectivity index (χ2n) is 4.17.